The molecule has 152 valence electrons. The number of ether oxygens (including phenoxy) is 1. The van der Waals surface area contributed by atoms with Gasteiger partial charge >= 0.3 is 0 Å². The first-order valence-corrected chi connectivity index (χ1v) is 10.0. The minimum absolute atomic E-state index is 0. The third kappa shape index (κ3) is 4.02. The second-order valence-electron chi connectivity index (χ2n) is 8.51. The zero-order valence-corrected chi connectivity index (χ0v) is 17.6. The lowest BCUT2D eigenvalue weighted by Crippen LogP contribution is -2.62. The number of amides is 1. The molecule has 2 saturated carbocycles. The van der Waals surface area contributed by atoms with Crippen LogP contribution in [-0.2, 0) is 9.53 Å². The van der Waals surface area contributed by atoms with Crippen LogP contribution in [0.1, 0.15) is 51.9 Å². The van der Waals surface area contributed by atoms with Crippen LogP contribution in [0, 0.1) is 11.3 Å². The van der Waals surface area contributed by atoms with E-state index < -0.39 is 0 Å². The molecule has 1 amide bonds. The lowest BCUT2D eigenvalue weighted by Gasteiger charge is -2.47. The van der Waals surface area contributed by atoms with Gasteiger partial charge in [-0.2, -0.15) is 0 Å². The Morgan fingerprint density at radius 3 is 2.35 bits per heavy atom. The van der Waals surface area contributed by atoms with E-state index in [9.17, 15) is 4.79 Å². The van der Waals surface area contributed by atoms with Gasteiger partial charge in [-0.05, 0) is 57.5 Å². The van der Waals surface area contributed by atoms with Gasteiger partial charge in [-0.15, -0.1) is 24.8 Å². The van der Waals surface area contributed by atoms with Crippen molar-refractivity contribution in [3.63, 3.8) is 0 Å². The zero-order valence-electron chi connectivity index (χ0n) is 15.9. The smallest absolute Gasteiger partial charge is 0.223 e. The average molecular weight is 408 g/mol. The van der Waals surface area contributed by atoms with Gasteiger partial charge in [0.1, 0.15) is 0 Å². The fourth-order valence-corrected chi connectivity index (χ4v) is 5.66. The molecule has 2 heterocycles. The van der Waals surface area contributed by atoms with Crippen molar-refractivity contribution in [1.82, 2.24) is 15.5 Å². The van der Waals surface area contributed by atoms with Crippen molar-refractivity contribution in [2.45, 2.75) is 63.5 Å². The quantitative estimate of drug-likeness (QED) is 0.750. The SMILES string of the molecule is CC(NC(=O)C1CC12CCNCC2)C1(N2CCOCC2)CCCC1.Cl.Cl. The van der Waals surface area contributed by atoms with Gasteiger partial charge in [0.2, 0.25) is 5.91 Å². The molecule has 0 aromatic rings. The van der Waals surface area contributed by atoms with Crippen LogP contribution in [0.4, 0.5) is 0 Å². The van der Waals surface area contributed by atoms with E-state index in [1.165, 1.54) is 38.5 Å². The maximum absolute atomic E-state index is 12.9. The summed E-state index contributed by atoms with van der Waals surface area (Å²) in [5, 5.41) is 6.88. The van der Waals surface area contributed by atoms with E-state index in [0.717, 1.165) is 45.8 Å². The summed E-state index contributed by atoms with van der Waals surface area (Å²) in [5.41, 5.74) is 0.493. The number of piperidine rings is 1. The number of morpholine rings is 1. The molecular weight excluding hydrogens is 373 g/mol. The average Bonchev–Trinajstić information content (AvgIpc) is 3.08. The lowest BCUT2D eigenvalue weighted by atomic mass is 9.86. The highest BCUT2D eigenvalue weighted by Crippen LogP contribution is 2.58. The zero-order chi connectivity index (χ0) is 16.6. The van der Waals surface area contributed by atoms with Crippen LogP contribution in [0.15, 0.2) is 0 Å². The number of rotatable bonds is 4. The number of nitrogens with zero attached hydrogens (tertiary/aromatic N) is 1. The molecule has 4 aliphatic rings. The second-order valence-corrected chi connectivity index (χ2v) is 8.51. The molecular formula is C19H35Cl2N3O2. The van der Waals surface area contributed by atoms with E-state index in [0.29, 0.717) is 11.3 Å². The van der Waals surface area contributed by atoms with Crippen LogP contribution < -0.4 is 10.6 Å². The van der Waals surface area contributed by atoms with Crippen molar-refractivity contribution >= 4 is 30.7 Å². The molecule has 0 bridgehead atoms. The molecule has 26 heavy (non-hydrogen) atoms. The van der Waals surface area contributed by atoms with Crippen molar-refractivity contribution in [3.05, 3.63) is 0 Å². The van der Waals surface area contributed by atoms with Gasteiger partial charge in [0, 0.05) is 30.6 Å². The summed E-state index contributed by atoms with van der Waals surface area (Å²) < 4.78 is 5.55. The van der Waals surface area contributed by atoms with E-state index in [1.807, 2.05) is 0 Å². The number of nitrogens with one attached hydrogen (secondary N) is 2. The Morgan fingerprint density at radius 2 is 1.73 bits per heavy atom. The fraction of sp³-hybridized carbons (Fsp3) is 0.947. The topological polar surface area (TPSA) is 53.6 Å². The van der Waals surface area contributed by atoms with Crippen LogP contribution in [0.5, 0.6) is 0 Å². The minimum atomic E-state index is 0. The Balaban J connectivity index is 0.00000121. The van der Waals surface area contributed by atoms with Crippen LogP contribution in [0.25, 0.3) is 0 Å². The summed E-state index contributed by atoms with van der Waals surface area (Å²) in [7, 11) is 0. The lowest BCUT2D eigenvalue weighted by molar-refractivity contribution is -0.125. The summed E-state index contributed by atoms with van der Waals surface area (Å²) in [6.45, 7) is 8.10. The normalized spacial score (nSPS) is 30.7. The first kappa shape index (κ1) is 22.2. The molecule has 0 radical (unpaired) electrons. The van der Waals surface area contributed by atoms with E-state index in [2.05, 4.69) is 22.5 Å². The first-order valence-electron chi connectivity index (χ1n) is 10.0. The van der Waals surface area contributed by atoms with Crippen molar-refractivity contribution < 1.29 is 9.53 Å². The summed E-state index contributed by atoms with van der Waals surface area (Å²) in [6, 6.07) is 0.241. The number of hydrogen-bond acceptors (Lipinski definition) is 4. The van der Waals surface area contributed by atoms with E-state index >= 15 is 0 Å². The molecule has 2 unspecified atom stereocenters. The predicted molar refractivity (Wildman–Crippen MR) is 108 cm³/mol. The third-order valence-corrected chi connectivity index (χ3v) is 7.38. The Hall–Kier alpha value is -0.0700. The standard InChI is InChI=1S/C19H33N3O2.2ClH/c1-15(19(4-2-3-5-19)22-10-12-24-13-11-22)21-17(23)16-14-18(16)6-8-20-9-7-18;;/h15-16,20H,2-14H2,1H3,(H,21,23);2*1H. The monoisotopic (exact) mass is 407 g/mol. The molecule has 7 heteroatoms. The highest BCUT2D eigenvalue weighted by Gasteiger charge is 2.58. The van der Waals surface area contributed by atoms with Gasteiger partial charge in [0.05, 0.1) is 13.2 Å². The van der Waals surface area contributed by atoms with Crippen molar-refractivity contribution in [2.24, 2.45) is 11.3 Å². The van der Waals surface area contributed by atoms with Crippen molar-refractivity contribution in [2.75, 3.05) is 39.4 Å². The van der Waals surface area contributed by atoms with Gasteiger partial charge in [0.15, 0.2) is 0 Å². The molecule has 2 saturated heterocycles. The van der Waals surface area contributed by atoms with Gasteiger partial charge in [-0.3, -0.25) is 9.69 Å². The largest absolute Gasteiger partial charge is 0.379 e. The van der Waals surface area contributed by atoms with Gasteiger partial charge < -0.3 is 15.4 Å². The van der Waals surface area contributed by atoms with Crippen LogP contribution >= 0.6 is 24.8 Å². The number of halogens is 2. The number of carbonyl (C=O) groups is 1. The predicted octanol–water partition coefficient (Wildman–Crippen LogP) is 2.37. The highest BCUT2D eigenvalue weighted by molar-refractivity contribution is 5.85. The van der Waals surface area contributed by atoms with Crippen LogP contribution in [0.3, 0.4) is 0 Å². The van der Waals surface area contributed by atoms with Crippen molar-refractivity contribution in [1.29, 1.82) is 0 Å². The van der Waals surface area contributed by atoms with E-state index in [1.54, 1.807) is 0 Å². The van der Waals surface area contributed by atoms with Gasteiger partial charge in [-0.25, -0.2) is 0 Å². The van der Waals surface area contributed by atoms with E-state index in [4.69, 9.17) is 4.74 Å². The third-order valence-electron chi connectivity index (χ3n) is 7.38. The van der Waals surface area contributed by atoms with Crippen molar-refractivity contribution in [3.8, 4) is 0 Å². The maximum Gasteiger partial charge on any atom is 0.223 e. The molecule has 4 fully saturated rings. The van der Waals surface area contributed by atoms with Gasteiger partial charge in [0.25, 0.3) is 0 Å². The number of carbonyl (C=O) groups excluding carboxylic acids is 1. The molecule has 5 nitrogen and oxygen atoms in total. The Kier molecular flexibility index (Phi) is 7.65. The number of hydrogen-bond donors (Lipinski definition) is 2. The molecule has 2 N–H and O–H groups in total. The molecule has 0 aromatic carbocycles. The summed E-state index contributed by atoms with van der Waals surface area (Å²) in [4.78, 5) is 15.5. The van der Waals surface area contributed by atoms with E-state index in [-0.39, 0.29) is 42.3 Å². The molecule has 2 atom stereocenters. The minimum Gasteiger partial charge on any atom is -0.379 e. The molecule has 1 spiro atoms. The van der Waals surface area contributed by atoms with Gasteiger partial charge in [-0.1, -0.05) is 12.8 Å². The first-order chi connectivity index (χ1) is 11.7. The molecule has 0 aromatic heterocycles. The fourth-order valence-electron chi connectivity index (χ4n) is 5.66. The summed E-state index contributed by atoms with van der Waals surface area (Å²) in [6.07, 6.45) is 8.47. The molecule has 4 rings (SSSR count). The Morgan fingerprint density at radius 1 is 1.12 bits per heavy atom. The summed E-state index contributed by atoms with van der Waals surface area (Å²) >= 11 is 0. The second kappa shape index (κ2) is 8.95. The van der Waals surface area contributed by atoms with Crippen LogP contribution in [-0.4, -0.2) is 61.8 Å². The molecule has 2 aliphatic heterocycles. The highest BCUT2D eigenvalue weighted by atomic mass is 35.5. The molecule has 2 aliphatic carbocycles. The maximum atomic E-state index is 12.9. The summed E-state index contributed by atoms with van der Waals surface area (Å²) in [5.74, 6) is 0.592. The Bertz CT molecular complexity index is 473. The Labute approximate surface area is 170 Å². The van der Waals surface area contributed by atoms with Crippen LogP contribution in [0.2, 0.25) is 0 Å².